The predicted molar refractivity (Wildman–Crippen MR) is 118 cm³/mol. The van der Waals surface area contributed by atoms with Crippen molar-refractivity contribution in [2.45, 2.75) is 58.9 Å². The average molecular weight is 408 g/mol. The standard InChI is InChI=1S/C24H29N3O3/c1-4-29-21-10-11-22-18(13-21)14-23(30-22)24(28)26-25-15-19-12-16(2)27(17(19)3)20-8-6-5-7-9-20/h10-15,20H,4-9H2,1-3H3,(H,26,28)/b25-15+. The van der Waals surface area contributed by atoms with Crippen molar-refractivity contribution < 1.29 is 13.9 Å². The number of carbonyl (C=O) groups excluding carboxylic acids is 1. The Morgan fingerprint density at radius 1 is 1.23 bits per heavy atom. The number of amides is 1. The zero-order chi connectivity index (χ0) is 21.1. The monoisotopic (exact) mass is 407 g/mol. The summed E-state index contributed by atoms with van der Waals surface area (Å²) >= 11 is 0. The van der Waals surface area contributed by atoms with E-state index in [1.807, 2.05) is 19.1 Å². The van der Waals surface area contributed by atoms with Crippen LogP contribution in [0.25, 0.3) is 11.0 Å². The molecule has 3 aromatic rings. The molecule has 6 heteroatoms. The molecule has 1 amide bonds. The lowest BCUT2D eigenvalue weighted by Gasteiger charge is -2.26. The first-order chi connectivity index (χ1) is 14.6. The lowest BCUT2D eigenvalue weighted by atomic mass is 9.95. The Bertz CT molecular complexity index is 1070. The quantitative estimate of drug-likeness (QED) is 0.432. The van der Waals surface area contributed by atoms with Crippen LogP contribution in [0.15, 0.2) is 39.9 Å². The van der Waals surface area contributed by atoms with E-state index in [1.54, 1.807) is 18.3 Å². The molecule has 1 fully saturated rings. The van der Waals surface area contributed by atoms with Crippen molar-refractivity contribution in [3.63, 3.8) is 0 Å². The highest BCUT2D eigenvalue weighted by Crippen LogP contribution is 2.31. The van der Waals surface area contributed by atoms with Gasteiger partial charge in [0, 0.05) is 28.4 Å². The minimum absolute atomic E-state index is 0.225. The third-order valence-electron chi connectivity index (χ3n) is 5.86. The number of nitrogens with zero attached hydrogens (tertiary/aromatic N) is 2. The maximum absolute atomic E-state index is 12.5. The van der Waals surface area contributed by atoms with Crippen LogP contribution in [0.4, 0.5) is 0 Å². The number of nitrogens with one attached hydrogen (secondary N) is 1. The third-order valence-corrected chi connectivity index (χ3v) is 5.86. The van der Waals surface area contributed by atoms with Crippen LogP contribution in [0.2, 0.25) is 0 Å². The largest absolute Gasteiger partial charge is 0.494 e. The maximum Gasteiger partial charge on any atom is 0.307 e. The van der Waals surface area contributed by atoms with Crippen LogP contribution >= 0.6 is 0 Å². The molecule has 0 unspecified atom stereocenters. The molecule has 1 aromatic carbocycles. The molecule has 1 aliphatic rings. The van der Waals surface area contributed by atoms with E-state index >= 15 is 0 Å². The topological polar surface area (TPSA) is 68.8 Å². The van der Waals surface area contributed by atoms with E-state index in [2.05, 4.69) is 35.0 Å². The highest BCUT2D eigenvalue weighted by molar-refractivity contribution is 5.96. The fourth-order valence-electron chi connectivity index (χ4n) is 4.44. The summed E-state index contributed by atoms with van der Waals surface area (Å²) in [4.78, 5) is 12.5. The number of ether oxygens (including phenoxy) is 1. The lowest BCUT2D eigenvalue weighted by molar-refractivity contribution is 0.0929. The first-order valence-electron chi connectivity index (χ1n) is 10.7. The summed E-state index contributed by atoms with van der Waals surface area (Å²) in [6.07, 6.45) is 8.12. The Kier molecular flexibility index (Phi) is 5.93. The van der Waals surface area contributed by atoms with Crippen LogP contribution in [-0.4, -0.2) is 23.3 Å². The summed E-state index contributed by atoms with van der Waals surface area (Å²) in [5, 5.41) is 5.00. The van der Waals surface area contributed by atoms with E-state index in [0.29, 0.717) is 18.2 Å². The Morgan fingerprint density at radius 3 is 2.80 bits per heavy atom. The molecule has 158 valence electrons. The zero-order valence-electron chi connectivity index (χ0n) is 17.9. The van der Waals surface area contributed by atoms with Gasteiger partial charge in [-0.1, -0.05) is 19.3 Å². The number of fused-ring (bicyclic) bond motifs is 1. The summed E-state index contributed by atoms with van der Waals surface area (Å²) in [7, 11) is 0. The molecule has 2 aromatic heterocycles. The number of benzene rings is 1. The predicted octanol–water partition coefficient (Wildman–Crippen LogP) is 5.52. The third kappa shape index (κ3) is 4.13. The number of furan rings is 1. The Hall–Kier alpha value is -3.02. The summed E-state index contributed by atoms with van der Waals surface area (Å²) in [6.45, 7) is 6.79. The van der Waals surface area contributed by atoms with Crippen molar-refractivity contribution in [3.05, 3.63) is 53.0 Å². The Labute approximate surface area is 176 Å². The summed E-state index contributed by atoms with van der Waals surface area (Å²) in [5.41, 5.74) is 6.70. The molecule has 6 nitrogen and oxygen atoms in total. The second kappa shape index (κ2) is 8.78. The summed E-state index contributed by atoms with van der Waals surface area (Å²) in [5.74, 6) is 0.606. The molecule has 0 radical (unpaired) electrons. The molecule has 0 saturated heterocycles. The van der Waals surface area contributed by atoms with Crippen molar-refractivity contribution in [1.29, 1.82) is 0 Å². The molecule has 4 rings (SSSR count). The zero-order valence-corrected chi connectivity index (χ0v) is 17.9. The van der Waals surface area contributed by atoms with Gasteiger partial charge in [-0.05, 0) is 63.9 Å². The Morgan fingerprint density at radius 2 is 2.03 bits per heavy atom. The highest BCUT2D eigenvalue weighted by Gasteiger charge is 2.19. The molecule has 1 N–H and O–H groups in total. The van der Waals surface area contributed by atoms with Crippen molar-refractivity contribution in [3.8, 4) is 5.75 Å². The molecule has 0 spiro atoms. The van der Waals surface area contributed by atoms with Gasteiger partial charge in [-0.3, -0.25) is 4.79 Å². The van der Waals surface area contributed by atoms with Gasteiger partial charge < -0.3 is 13.7 Å². The molecule has 1 saturated carbocycles. The first kappa shape index (κ1) is 20.3. The Balaban J connectivity index is 1.45. The minimum Gasteiger partial charge on any atom is -0.494 e. The smallest absolute Gasteiger partial charge is 0.307 e. The van der Waals surface area contributed by atoms with E-state index in [4.69, 9.17) is 9.15 Å². The lowest BCUT2D eigenvalue weighted by Crippen LogP contribution is -2.17. The molecule has 1 aliphatic carbocycles. The SMILES string of the molecule is CCOc1ccc2oc(C(=O)N/N=C/c3cc(C)n(C4CCCCC4)c3C)cc2c1. The number of hydrogen-bond donors (Lipinski definition) is 1. The molecule has 30 heavy (non-hydrogen) atoms. The number of aromatic nitrogens is 1. The number of carbonyl (C=O) groups is 1. The van der Waals surface area contributed by atoms with Crippen molar-refractivity contribution in [2.75, 3.05) is 6.61 Å². The maximum atomic E-state index is 12.5. The van der Waals surface area contributed by atoms with Gasteiger partial charge in [0.05, 0.1) is 12.8 Å². The van der Waals surface area contributed by atoms with Gasteiger partial charge >= 0.3 is 5.91 Å². The van der Waals surface area contributed by atoms with Gasteiger partial charge in [-0.2, -0.15) is 5.10 Å². The second-order valence-corrected chi connectivity index (χ2v) is 7.93. The van der Waals surface area contributed by atoms with Crippen LogP contribution in [0.3, 0.4) is 0 Å². The summed E-state index contributed by atoms with van der Waals surface area (Å²) in [6, 6.07) is 9.92. The van der Waals surface area contributed by atoms with Crippen molar-refractivity contribution in [1.82, 2.24) is 9.99 Å². The van der Waals surface area contributed by atoms with Crippen LogP contribution in [0, 0.1) is 13.8 Å². The van der Waals surface area contributed by atoms with Gasteiger partial charge in [0.25, 0.3) is 0 Å². The van der Waals surface area contributed by atoms with Crippen molar-refractivity contribution >= 4 is 23.1 Å². The first-order valence-corrected chi connectivity index (χ1v) is 10.7. The molecule has 0 bridgehead atoms. The van der Waals surface area contributed by atoms with Gasteiger partial charge in [0.1, 0.15) is 11.3 Å². The van der Waals surface area contributed by atoms with Crippen LogP contribution in [0.5, 0.6) is 5.75 Å². The van der Waals surface area contributed by atoms with Crippen LogP contribution in [-0.2, 0) is 0 Å². The van der Waals surface area contributed by atoms with Crippen LogP contribution < -0.4 is 10.2 Å². The fourth-order valence-corrected chi connectivity index (χ4v) is 4.44. The van der Waals surface area contributed by atoms with E-state index in [9.17, 15) is 4.79 Å². The van der Waals surface area contributed by atoms with Gasteiger partial charge in [-0.25, -0.2) is 5.43 Å². The molecular formula is C24H29N3O3. The number of aryl methyl sites for hydroxylation is 1. The van der Waals surface area contributed by atoms with Gasteiger partial charge in [-0.15, -0.1) is 0 Å². The molecule has 2 heterocycles. The fraction of sp³-hybridized carbons (Fsp3) is 0.417. The molecule has 0 atom stereocenters. The summed E-state index contributed by atoms with van der Waals surface area (Å²) < 4.78 is 13.6. The molecular weight excluding hydrogens is 378 g/mol. The second-order valence-electron chi connectivity index (χ2n) is 7.93. The average Bonchev–Trinajstić information content (AvgIpc) is 3.29. The van der Waals surface area contributed by atoms with Gasteiger partial charge in [0.15, 0.2) is 5.76 Å². The van der Waals surface area contributed by atoms with E-state index in [1.165, 1.54) is 43.5 Å². The number of hydrogen-bond acceptors (Lipinski definition) is 4. The molecule has 0 aliphatic heterocycles. The number of rotatable bonds is 6. The van der Waals surface area contributed by atoms with Crippen molar-refractivity contribution in [2.24, 2.45) is 5.10 Å². The van der Waals surface area contributed by atoms with E-state index in [0.717, 1.165) is 16.7 Å². The highest BCUT2D eigenvalue weighted by atomic mass is 16.5. The minimum atomic E-state index is -0.374. The van der Waals surface area contributed by atoms with E-state index < -0.39 is 0 Å². The number of hydrazone groups is 1. The van der Waals surface area contributed by atoms with Gasteiger partial charge in [0.2, 0.25) is 0 Å². The van der Waals surface area contributed by atoms with E-state index in [-0.39, 0.29) is 11.7 Å². The normalized spacial score (nSPS) is 15.2. The van der Waals surface area contributed by atoms with Crippen LogP contribution in [0.1, 0.15) is 72.6 Å².